The Morgan fingerprint density at radius 1 is 1.15 bits per heavy atom. The van der Waals surface area contributed by atoms with Gasteiger partial charge in [-0.15, -0.1) is 0 Å². The number of likely N-dealkylation sites (N-methyl/N-ethyl adjacent to an activating group) is 1. The number of hydrogen-bond acceptors (Lipinski definition) is 5. The fraction of sp³-hybridized carbons (Fsp3) is 0.893. The number of rotatable bonds is 2. The molecule has 0 amide bonds. The van der Waals surface area contributed by atoms with Gasteiger partial charge in [0.05, 0.1) is 17.8 Å². The van der Waals surface area contributed by atoms with Crippen molar-refractivity contribution in [3.63, 3.8) is 0 Å². The van der Waals surface area contributed by atoms with Crippen LogP contribution in [0.1, 0.15) is 72.6 Å². The number of nitrogens with zero attached hydrogens (tertiary/aromatic N) is 1. The second-order valence-corrected chi connectivity index (χ2v) is 13.1. The monoisotopic (exact) mass is 459 g/mol. The van der Waals surface area contributed by atoms with E-state index in [4.69, 9.17) is 0 Å². The van der Waals surface area contributed by atoms with E-state index in [1.807, 2.05) is 6.92 Å². The molecule has 0 unspecified atom stereocenters. The standard InChI is InChI=1S/C28H45NO4/c1-15-10-25(32)26(29(5)14-15)16(2)20-7-6-18-19-12-24(31)23-11-17(30)8-9-27(23,3)21(19)13-22(18)28(20,4)33/h6,15-17,19-23,25-26,30,32-33H,7-14H2,1-5H3/t15-,16-,17+,19+,20-,21+,22-,23-,25-,26+,27-,28-/m1/s1. The van der Waals surface area contributed by atoms with Crippen LogP contribution in [0.15, 0.2) is 11.6 Å². The van der Waals surface area contributed by atoms with Crippen molar-refractivity contribution in [2.75, 3.05) is 13.6 Å². The highest BCUT2D eigenvalue weighted by Crippen LogP contribution is 2.65. The van der Waals surface area contributed by atoms with Gasteiger partial charge in [-0.25, -0.2) is 0 Å². The molecule has 0 spiro atoms. The van der Waals surface area contributed by atoms with Crippen molar-refractivity contribution in [1.29, 1.82) is 0 Å². The van der Waals surface area contributed by atoms with Crippen LogP contribution >= 0.6 is 0 Å². The van der Waals surface area contributed by atoms with E-state index in [2.05, 4.69) is 38.8 Å². The first-order valence-corrected chi connectivity index (χ1v) is 13.5. The zero-order valence-corrected chi connectivity index (χ0v) is 21.2. The van der Waals surface area contributed by atoms with E-state index >= 15 is 0 Å². The predicted molar refractivity (Wildman–Crippen MR) is 128 cm³/mol. The highest BCUT2D eigenvalue weighted by molar-refractivity contribution is 5.84. The summed E-state index contributed by atoms with van der Waals surface area (Å²) in [6, 6.07) is 0.0691. The first kappa shape index (κ1) is 24.0. The van der Waals surface area contributed by atoms with Crippen molar-refractivity contribution < 1.29 is 20.1 Å². The van der Waals surface area contributed by atoms with Gasteiger partial charge in [-0.1, -0.05) is 32.4 Å². The fourth-order valence-electron chi connectivity index (χ4n) is 9.55. The number of allylic oxidation sites excluding steroid dienone is 1. The summed E-state index contributed by atoms with van der Waals surface area (Å²) in [5, 5.41) is 33.3. The molecular formula is C28H45NO4. The SMILES string of the molecule is C[C@@H]1C[C@@H](O)[C@H]([C@H](C)[C@H]2CC=C3[C@@H](C[C@H]4[C@H]3CC(=O)[C@H]3C[C@@H](O)CC[C@@]34C)[C@]2(C)O)N(C)C1. The normalized spacial score (nSPS) is 53.6. The molecule has 0 aromatic heterocycles. The molecule has 1 aliphatic heterocycles. The number of fused-ring (bicyclic) bond motifs is 5. The van der Waals surface area contributed by atoms with Gasteiger partial charge in [0, 0.05) is 30.8 Å². The van der Waals surface area contributed by atoms with E-state index in [1.54, 1.807) is 0 Å². The lowest BCUT2D eigenvalue weighted by Crippen LogP contribution is -2.57. The van der Waals surface area contributed by atoms with Gasteiger partial charge in [0.15, 0.2) is 0 Å². The number of hydrogen-bond donors (Lipinski definition) is 3. The van der Waals surface area contributed by atoms with Crippen molar-refractivity contribution in [3.8, 4) is 0 Å². The summed E-state index contributed by atoms with van der Waals surface area (Å²) in [5.41, 5.74) is 0.427. The Labute approximate surface area is 199 Å². The van der Waals surface area contributed by atoms with Gasteiger partial charge in [0.25, 0.3) is 0 Å². The van der Waals surface area contributed by atoms with E-state index in [0.717, 1.165) is 38.6 Å². The number of carbonyl (C=O) groups is 1. The molecule has 5 nitrogen and oxygen atoms in total. The summed E-state index contributed by atoms with van der Waals surface area (Å²) < 4.78 is 0. The highest BCUT2D eigenvalue weighted by atomic mass is 16.3. The second kappa shape index (κ2) is 8.15. The Balaban J connectivity index is 1.42. The van der Waals surface area contributed by atoms with Crippen molar-refractivity contribution in [3.05, 3.63) is 11.6 Å². The quantitative estimate of drug-likeness (QED) is 0.552. The lowest BCUT2D eigenvalue weighted by molar-refractivity contribution is -0.143. The molecule has 4 aliphatic carbocycles. The van der Waals surface area contributed by atoms with Gasteiger partial charge in [0.2, 0.25) is 0 Å². The molecule has 5 aliphatic rings. The third-order valence-electron chi connectivity index (χ3n) is 11.2. The third kappa shape index (κ3) is 3.59. The van der Waals surface area contributed by atoms with E-state index in [-0.39, 0.29) is 53.3 Å². The van der Waals surface area contributed by atoms with E-state index in [9.17, 15) is 20.1 Å². The molecule has 0 bridgehead atoms. The molecule has 0 aromatic rings. The molecule has 3 saturated carbocycles. The van der Waals surface area contributed by atoms with Crippen LogP contribution in [0.4, 0.5) is 0 Å². The van der Waals surface area contributed by atoms with Crippen LogP contribution in [0.5, 0.6) is 0 Å². The van der Waals surface area contributed by atoms with Crippen LogP contribution in [0.25, 0.3) is 0 Å². The van der Waals surface area contributed by atoms with Crippen molar-refractivity contribution in [1.82, 2.24) is 4.90 Å². The summed E-state index contributed by atoms with van der Waals surface area (Å²) in [5.74, 6) is 1.82. The molecule has 1 saturated heterocycles. The van der Waals surface area contributed by atoms with Crippen LogP contribution in [-0.4, -0.2) is 63.4 Å². The number of Topliss-reactive ketones (excluding diaryl/α,β-unsaturated/α-hetero) is 1. The molecule has 1 heterocycles. The second-order valence-electron chi connectivity index (χ2n) is 13.1. The van der Waals surface area contributed by atoms with E-state index in [1.165, 1.54) is 5.57 Å². The van der Waals surface area contributed by atoms with Gasteiger partial charge < -0.3 is 20.2 Å². The van der Waals surface area contributed by atoms with Crippen molar-refractivity contribution in [2.45, 2.75) is 96.5 Å². The summed E-state index contributed by atoms with van der Waals surface area (Å²) in [6.07, 6.45) is 7.16. The number of aliphatic hydroxyl groups excluding tert-OH is 2. The van der Waals surface area contributed by atoms with Crippen LogP contribution in [0, 0.1) is 46.8 Å². The number of ketones is 1. The maximum atomic E-state index is 13.2. The lowest BCUT2D eigenvalue weighted by atomic mass is 9.52. The molecule has 186 valence electrons. The molecule has 12 atom stereocenters. The van der Waals surface area contributed by atoms with Crippen molar-refractivity contribution in [2.24, 2.45) is 46.8 Å². The van der Waals surface area contributed by atoms with Gasteiger partial charge in [-0.3, -0.25) is 4.79 Å². The van der Waals surface area contributed by atoms with Gasteiger partial charge >= 0.3 is 0 Å². The topological polar surface area (TPSA) is 81.0 Å². The molecular weight excluding hydrogens is 414 g/mol. The van der Waals surface area contributed by atoms with Gasteiger partial charge in [-0.2, -0.15) is 0 Å². The Morgan fingerprint density at radius 2 is 1.88 bits per heavy atom. The van der Waals surface area contributed by atoms with Gasteiger partial charge in [0.1, 0.15) is 5.78 Å². The summed E-state index contributed by atoms with van der Waals surface area (Å²) in [7, 11) is 2.12. The number of carbonyl (C=O) groups excluding carboxylic acids is 1. The van der Waals surface area contributed by atoms with Crippen molar-refractivity contribution >= 4 is 5.78 Å². The molecule has 0 radical (unpaired) electrons. The third-order valence-corrected chi connectivity index (χ3v) is 11.2. The minimum atomic E-state index is -0.840. The molecule has 3 N–H and O–H groups in total. The zero-order valence-electron chi connectivity index (χ0n) is 21.2. The summed E-state index contributed by atoms with van der Waals surface area (Å²) >= 11 is 0. The van der Waals surface area contributed by atoms with Gasteiger partial charge in [-0.05, 0) is 87.5 Å². The Bertz CT molecular complexity index is 811. The maximum absolute atomic E-state index is 13.2. The largest absolute Gasteiger partial charge is 0.393 e. The average molecular weight is 460 g/mol. The first-order valence-electron chi connectivity index (χ1n) is 13.5. The molecule has 0 aromatic carbocycles. The Hall–Kier alpha value is -0.750. The number of piperidine rings is 1. The van der Waals surface area contributed by atoms with Crippen LogP contribution in [0.3, 0.4) is 0 Å². The molecule has 4 fully saturated rings. The molecule has 5 rings (SSSR count). The Morgan fingerprint density at radius 3 is 2.58 bits per heavy atom. The van der Waals surface area contributed by atoms with E-state index < -0.39 is 5.60 Å². The summed E-state index contributed by atoms with van der Waals surface area (Å²) in [4.78, 5) is 15.5. The van der Waals surface area contributed by atoms with E-state index in [0.29, 0.717) is 30.5 Å². The van der Waals surface area contributed by atoms with Crippen LogP contribution in [-0.2, 0) is 4.79 Å². The average Bonchev–Trinajstić information content (AvgIpc) is 3.09. The number of aliphatic hydroxyl groups is 3. The number of likely N-dealkylation sites (tertiary alicyclic amines) is 1. The van der Waals surface area contributed by atoms with Crippen LogP contribution < -0.4 is 0 Å². The molecule has 33 heavy (non-hydrogen) atoms. The minimum absolute atomic E-state index is 0.0315. The minimum Gasteiger partial charge on any atom is -0.393 e. The fourth-order valence-corrected chi connectivity index (χ4v) is 9.55. The summed E-state index contributed by atoms with van der Waals surface area (Å²) in [6.45, 7) is 9.74. The maximum Gasteiger partial charge on any atom is 0.137 e. The smallest absolute Gasteiger partial charge is 0.137 e. The lowest BCUT2D eigenvalue weighted by Gasteiger charge is -2.52. The predicted octanol–water partition coefficient (Wildman–Crippen LogP) is 3.41. The molecule has 5 heteroatoms. The first-order chi connectivity index (χ1) is 15.4. The Kier molecular flexibility index (Phi) is 5.92. The van der Waals surface area contributed by atoms with Crippen LogP contribution in [0.2, 0.25) is 0 Å². The zero-order chi connectivity index (χ0) is 23.9. The highest BCUT2D eigenvalue weighted by Gasteiger charge is 2.62.